The molecule has 4 rings (SSSR count). The van der Waals surface area contributed by atoms with Crippen LogP contribution in [0.3, 0.4) is 0 Å². The van der Waals surface area contributed by atoms with Crippen molar-refractivity contribution in [3.63, 3.8) is 0 Å². The summed E-state index contributed by atoms with van der Waals surface area (Å²) < 4.78 is 25.1. The molecule has 26 heavy (non-hydrogen) atoms. The number of nitrogens with zero attached hydrogens (tertiary/aromatic N) is 1. The van der Waals surface area contributed by atoms with E-state index in [0.717, 1.165) is 24.8 Å². The highest BCUT2D eigenvalue weighted by molar-refractivity contribution is 7.92. The molecule has 1 N–H and O–H groups in total. The molecule has 1 aliphatic carbocycles. The highest BCUT2D eigenvalue weighted by Gasteiger charge is 2.27. The van der Waals surface area contributed by atoms with Crippen LogP contribution in [-0.2, 0) is 22.9 Å². The minimum Gasteiger partial charge on any atom is -0.345 e. The molecule has 5 nitrogen and oxygen atoms in total. The Hall–Kier alpha value is -2.34. The summed E-state index contributed by atoms with van der Waals surface area (Å²) in [5.74, 6) is -0.104. The van der Waals surface area contributed by atoms with Crippen LogP contribution in [0.4, 0.5) is 5.69 Å². The van der Waals surface area contributed by atoms with Gasteiger partial charge in [-0.1, -0.05) is 24.3 Å². The topological polar surface area (TPSA) is 66.5 Å². The van der Waals surface area contributed by atoms with E-state index < -0.39 is 10.0 Å². The summed E-state index contributed by atoms with van der Waals surface area (Å²) in [5, 5.41) is 3.15. The number of hydrogen-bond donors (Lipinski definition) is 1. The predicted molar refractivity (Wildman–Crippen MR) is 102 cm³/mol. The molecule has 1 amide bonds. The Morgan fingerprint density at radius 1 is 1.12 bits per heavy atom. The van der Waals surface area contributed by atoms with Crippen LogP contribution in [0, 0.1) is 0 Å². The molecule has 1 unspecified atom stereocenters. The highest BCUT2D eigenvalue weighted by atomic mass is 32.2. The second-order valence-corrected chi connectivity index (χ2v) is 8.95. The van der Waals surface area contributed by atoms with Crippen molar-refractivity contribution in [2.24, 2.45) is 0 Å². The van der Waals surface area contributed by atoms with E-state index in [1.807, 2.05) is 18.2 Å². The van der Waals surface area contributed by atoms with E-state index in [1.165, 1.54) is 21.7 Å². The van der Waals surface area contributed by atoms with E-state index in [-0.39, 0.29) is 11.9 Å². The molecule has 0 saturated heterocycles. The number of sulfonamides is 1. The molecular weight excluding hydrogens is 348 g/mol. The van der Waals surface area contributed by atoms with Crippen molar-refractivity contribution in [3.05, 3.63) is 64.7 Å². The van der Waals surface area contributed by atoms with Crippen LogP contribution in [-0.4, -0.2) is 27.1 Å². The molecule has 2 aliphatic rings. The molecule has 6 heteroatoms. The van der Waals surface area contributed by atoms with Crippen LogP contribution in [0.1, 0.15) is 45.9 Å². The van der Waals surface area contributed by atoms with E-state index in [9.17, 15) is 13.2 Å². The molecule has 136 valence electrons. The zero-order valence-corrected chi connectivity index (χ0v) is 15.6. The minimum absolute atomic E-state index is 0.0354. The fourth-order valence-corrected chi connectivity index (χ4v) is 4.96. The third-order valence-electron chi connectivity index (χ3n) is 5.27. The lowest BCUT2D eigenvalue weighted by Gasteiger charge is -2.26. The Balaban J connectivity index is 1.56. The van der Waals surface area contributed by atoms with E-state index >= 15 is 0 Å². The van der Waals surface area contributed by atoms with Crippen LogP contribution in [0.2, 0.25) is 0 Å². The van der Waals surface area contributed by atoms with Gasteiger partial charge in [-0.25, -0.2) is 8.42 Å². The molecule has 0 spiro atoms. The Kier molecular flexibility index (Phi) is 4.23. The fourth-order valence-electron chi connectivity index (χ4n) is 4.00. The smallest absolute Gasteiger partial charge is 0.251 e. The van der Waals surface area contributed by atoms with E-state index in [1.54, 1.807) is 12.1 Å². The Labute approximate surface area is 154 Å². The Bertz CT molecular complexity index is 969. The van der Waals surface area contributed by atoms with Gasteiger partial charge in [0.05, 0.1) is 18.0 Å². The minimum atomic E-state index is -3.27. The lowest BCUT2D eigenvalue weighted by Crippen LogP contribution is -2.31. The maximum atomic E-state index is 12.8. The maximum absolute atomic E-state index is 12.8. The van der Waals surface area contributed by atoms with Gasteiger partial charge in [0.15, 0.2) is 0 Å². The SMILES string of the molecule is CS(=O)(=O)N1CCc2cc(C(=O)NC3CCCc4ccccc43)ccc21. The Morgan fingerprint density at radius 2 is 1.92 bits per heavy atom. The molecule has 1 heterocycles. The molecule has 2 aromatic carbocycles. The first-order valence-electron chi connectivity index (χ1n) is 8.93. The first-order valence-corrected chi connectivity index (χ1v) is 10.8. The third kappa shape index (κ3) is 3.09. The standard InChI is InChI=1S/C20H22N2O3S/c1-26(24,25)22-12-11-15-13-16(9-10-19(15)22)20(23)21-18-8-4-6-14-5-2-3-7-17(14)18/h2-3,5,7,9-10,13,18H,4,6,8,11-12H2,1H3,(H,21,23). The second kappa shape index (κ2) is 6.43. The van der Waals surface area contributed by atoms with E-state index in [2.05, 4.69) is 17.4 Å². The van der Waals surface area contributed by atoms with Crippen molar-refractivity contribution >= 4 is 21.6 Å². The summed E-state index contributed by atoms with van der Waals surface area (Å²) in [4.78, 5) is 12.8. The van der Waals surface area contributed by atoms with Crippen LogP contribution < -0.4 is 9.62 Å². The molecule has 1 aliphatic heterocycles. The van der Waals surface area contributed by atoms with Gasteiger partial charge in [0.1, 0.15) is 0 Å². The molecule has 1 atom stereocenters. The van der Waals surface area contributed by atoms with Gasteiger partial charge in [-0.2, -0.15) is 0 Å². The van der Waals surface area contributed by atoms with Gasteiger partial charge in [0, 0.05) is 12.1 Å². The average Bonchev–Trinajstić information content (AvgIpc) is 3.05. The number of carbonyl (C=O) groups is 1. The molecule has 0 saturated carbocycles. The summed E-state index contributed by atoms with van der Waals surface area (Å²) in [6, 6.07) is 13.6. The molecule has 0 fully saturated rings. The van der Waals surface area contributed by atoms with Crippen molar-refractivity contribution in [1.82, 2.24) is 5.32 Å². The summed E-state index contributed by atoms with van der Waals surface area (Å²) in [7, 11) is -3.27. The quantitative estimate of drug-likeness (QED) is 0.903. The number of fused-ring (bicyclic) bond motifs is 2. The normalized spacial score (nSPS) is 19.0. The summed E-state index contributed by atoms with van der Waals surface area (Å²) in [6.45, 7) is 0.440. The number of rotatable bonds is 3. The number of hydrogen-bond acceptors (Lipinski definition) is 3. The van der Waals surface area contributed by atoms with Crippen molar-refractivity contribution in [2.75, 3.05) is 17.1 Å². The van der Waals surface area contributed by atoms with Crippen LogP contribution >= 0.6 is 0 Å². The van der Waals surface area contributed by atoms with Gasteiger partial charge in [0.25, 0.3) is 5.91 Å². The van der Waals surface area contributed by atoms with Crippen molar-refractivity contribution in [2.45, 2.75) is 31.7 Å². The van der Waals surface area contributed by atoms with Gasteiger partial charge in [-0.3, -0.25) is 9.10 Å². The molecule has 0 radical (unpaired) electrons. The lowest BCUT2D eigenvalue weighted by atomic mass is 9.87. The van der Waals surface area contributed by atoms with Gasteiger partial charge in [0.2, 0.25) is 10.0 Å². The predicted octanol–water partition coefficient (Wildman–Crippen LogP) is 2.82. The molecule has 0 bridgehead atoms. The molecule has 0 aromatic heterocycles. The number of nitrogens with one attached hydrogen (secondary N) is 1. The third-order valence-corrected chi connectivity index (χ3v) is 6.45. The Morgan fingerprint density at radius 3 is 2.73 bits per heavy atom. The van der Waals surface area contributed by atoms with Gasteiger partial charge < -0.3 is 5.32 Å². The largest absolute Gasteiger partial charge is 0.345 e. The number of carbonyl (C=O) groups excluding carboxylic acids is 1. The highest BCUT2D eigenvalue weighted by Crippen LogP contribution is 2.32. The number of benzene rings is 2. The maximum Gasteiger partial charge on any atom is 0.251 e. The summed E-state index contributed by atoms with van der Waals surface area (Å²) in [5.41, 5.74) is 4.69. The van der Waals surface area contributed by atoms with Gasteiger partial charge >= 0.3 is 0 Å². The zero-order valence-electron chi connectivity index (χ0n) is 14.7. The number of amides is 1. The van der Waals surface area contributed by atoms with Crippen molar-refractivity contribution < 1.29 is 13.2 Å². The second-order valence-electron chi connectivity index (χ2n) is 7.05. The molecular formula is C20H22N2O3S. The summed E-state index contributed by atoms with van der Waals surface area (Å²) in [6.07, 6.45) is 4.91. The number of anilines is 1. The van der Waals surface area contributed by atoms with Crippen LogP contribution in [0.5, 0.6) is 0 Å². The van der Waals surface area contributed by atoms with E-state index in [4.69, 9.17) is 0 Å². The van der Waals surface area contributed by atoms with Gasteiger partial charge in [-0.05, 0) is 60.6 Å². The van der Waals surface area contributed by atoms with Gasteiger partial charge in [-0.15, -0.1) is 0 Å². The zero-order chi connectivity index (χ0) is 18.3. The summed E-state index contributed by atoms with van der Waals surface area (Å²) >= 11 is 0. The first-order chi connectivity index (χ1) is 12.4. The molecule has 2 aromatic rings. The number of aryl methyl sites for hydroxylation is 1. The van der Waals surface area contributed by atoms with Crippen LogP contribution in [0.25, 0.3) is 0 Å². The average molecular weight is 370 g/mol. The monoisotopic (exact) mass is 370 g/mol. The van der Waals surface area contributed by atoms with Crippen molar-refractivity contribution in [1.29, 1.82) is 0 Å². The van der Waals surface area contributed by atoms with Crippen LogP contribution in [0.15, 0.2) is 42.5 Å². The lowest BCUT2D eigenvalue weighted by molar-refractivity contribution is 0.0932. The van der Waals surface area contributed by atoms with Crippen molar-refractivity contribution in [3.8, 4) is 0 Å². The fraction of sp³-hybridized carbons (Fsp3) is 0.350. The van der Waals surface area contributed by atoms with E-state index in [0.29, 0.717) is 24.2 Å². The first kappa shape index (κ1) is 17.1.